The summed E-state index contributed by atoms with van der Waals surface area (Å²) >= 11 is 8.83. The summed E-state index contributed by atoms with van der Waals surface area (Å²) in [5, 5.41) is 3.53. The lowest BCUT2D eigenvalue weighted by molar-refractivity contribution is 0.771. The molecule has 0 bridgehead atoms. The van der Waals surface area contributed by atoms with Crippen molar-refractivity contribution in [3.8, 4) is 0 Å². The summed E-state index contributed by atoms with van der Waals surface area (Å²) in [6.07, 6.45) is 3.18. The van der Waals surface area contributed by atoms with Crippen molar-refractivity contribution in [1.82, 2.24) is 0 Å². The molecule has 106 valence electrons. The van der Waals surface area contributed by atoms with Crippen LogP contribution in [0.15, 0.2) is 23.1 Å². The minimum atomic E-state index is 0.421. The number of anilines is 1. The van der Waals surface area contributed by atoms with Crippen molar-refractivity contribution in [3.05, 3.63) is 23.8 Å². The predicted molar refractivity (Wildman–Crippen MR) is 94.8 cm³/mol. The molecule has 5 heteroatoms. The van der Waals surface area contributed by atoms with E-state index in [2.05, 4.69) is 31.3 Å². The molecule has 0 aliphatic rings. The lowest BCUT2D eigenvalue weighted by Crippen LogP contribution is -2.20. The third kappa shape index (κ3) is 5.24. The van der Waals surface area contributed by atoms with Crippen molar-refractivity contribution in [2.75, 3.05) is 23.1 Å². The molecule has 0 spiro atoms. The fourth-order valence-electron chi connectivity index (χ4n) is 1.82. The van der Waals surface area contributed by atoms with Gasteiger partial charge in [-0.2, -0.15) is 11.8 Å². The van der Waals surface area contributed by atoms with Crippen LogP contribution in [0.2, 0.25) is 0 Å². The van der Waals surface area contributed by atoms with Gasteiger partial charge in [-0.15, -0.1) is 11.8 Å². The van der Waals surface area contributed by atoms with E-state index in [0.717, 1.165) is 22.6 Å². The maximum atomic E-state index is 5.86. The van der Waals surface area contributed by atoms with Crippen LogP contribution in [0.3, 0.4) is 0 Å². The zero-order chi connectivity index (χ0) is 14.3. The molecule has 0 heterocycles. The second kappa shape index (κ2) is 8.72. The molecule has 19 heavy (non-hydrogen) atoms. The summed E-state index contributed by atoms with van der Waals surface area (Å²) in [7, 11) is 0. The van der Waals surface area contributed by atoms with E-state index in [1.807, 2.05) is 24.1 Å². The number of nitrogens with two attached hydrogens (primary N) is 1. The second-order valence-electron chi connectivity index (χ2n) is 4.28. The molecular weight excluding hydrogens is 292 g/mol. The number of hydrogen-bond donors (Lipinski definition) is 2. The Hall–Kier alpha value is -0.390. The smallest absolute Gasteiger partial charge is 0.107 e. The number of thiocarbonyl (C=S) groups is 1. The van der Waals surface area contributed by atoms with Crippen LogP contribution in [-0.4, -0.2) is 28.8 Å². The van der Waals surface area contributed by atoms with E-state index >= 15 is 0 Å². The Morgan fingerprint density at radius 3 is 2.79 bits per heavy atom. The van der Waals surface area contributed by atoms with Crippen LogP contribution in [0.4, 0.5) is 5.69 Å². The van der Waals surface area contributed by atoms with E-state index in [4.69, 9.17) is 18.0 Å². The molecule has 0 saturated carbocycles. The van der Waals surface area contributed by atoms with Crippen LogP contribution in [0, 0.1) is 0 Å². The molecule has 0 aromatic heterocycles. The standard InChI is InChI=1S/C14H22N2S3/c1-4-19-9-8-10(2)16-11-6-5-7-12(18-3)13(11)14(15)17/h5-7,10,16H,4,8-9H2,1-3H3,(H2,15,17). The Labute approximate surface area is 130 Å². The van der Waals surface area contributed by atoms with Gasteiger partial charge in [0, 0.05) is 22.2 Å². The van der Waals surface area contributed by atoms with Crippen LogP contribution >= 0.6 is 35.7 Å². The molecule has 0 aliphatic heterocycles. The van der Waals surface area contributed by atoms with Crippen LogP contribution in [0.25, 0.3) is 0 Å². The van der Waals surface area contributed by atoms with Crippen molar-refractivity contribution in [3.63, 3.8) is 0 Å². The van der Waals surface area contributed by atoms with Gasteiger partial charge in [0.25, 0.3) is 0 Å². The van der Waals surface area contributed by atoms with Gasteiger partial charge in [0.1, 0.15) is 4.99 Å². The quantitative estimate of drug-likeness (QED) is 0.431. The summed E-state index contributed by atoms with van der Waals surface area (Å²) in [6, 6.07) is 6.58. The van der Waals surface area contributed by atoms with Gasteiger partial charge in [0.15, 0.2) is 0 Å². The third-order valence-corrected chi connectivity index (χ3v) is 4.71. The number of nitrogens with one attached hydrogen (secondary N) is 1. The summed E-state index contributed by atoms with van der Waals surface area (Å²) in [4.78, 5) is 1.59. The zero-order valence-electron chi connectivity index (χ0n) is 11.7. The minimum Gasteiger partial charge on any atom is -0.389 e. The van der Waals surface area contributed by atoms with E-state index in [-0.39, 0.29) is 0 Å². The number of hydrogen-bond acceptors (Lipinski definition) is 4. The Balaban J connectivity index is 2.79. The van der Waals surface area contributed by atoms with E-state index in [9.17, 15) is 0 Å². The number of rotatable bonds is 8. The Morgan fingerprint density at radius 1 is 1.47 bits per heavy atom. The third-order valence-electron chi connectivity index (χ3n) is 2.79. The molecular formula is C14H22N2S3. The first kappa shape index (κ1) is 16.7. The number of thioether (sulfide) groups is 2. The zero-order valence-corrected chi connectivity index (χ0v) is 14.2. The SMILES string of the molecule is CCSCCC(C)Nc1cccc(SC)c1C(N)=S. The monoisotopic (exact) mass is 314 g/mol. The van der Waals surface area contributed by atoms with Gasteiger partial charge < -0.3 is 11.1 Å². The van der Waals surface area contributed by atoms with Gasteiger partial charge in [-0.3, -0.25) is 0 Å². The Bertz CT molecular complexity index is 421. The highest BCUT2D eigenvalue weighted by atomic mass is 32.2. The summed E-state index contributed by atoms with van der Waals surface area (Å²) in [5.74, 6) is 2.35. The first-order valence-corrected chi connectivity index (χ1v) is 9.20. The van der Waals surface area contributed by atoms with E-state index < -0.39 is 0 Å². The highest BCUT2D eigenvalue weighted by Crippen LogP contribution is 2.27. The molecule has 0 radical (unpaired) electrons. The van der Waals surface area contributed by atoms with E-state index in [1.54, 1.807) is 11.8 Å². The first-order chi connectivity index (χ1) is 9.10. The topological polar surface area (TPSA) is 38.0 Å². The summed E-state index contributed by atoms with van der Waals surface area (Å²) in [5.41, 5.74) is 7.88. The molecule has 2 nitrogen and oxygen atoms in total. The fraction of sp³-hybridized carbons (Fsp3) is 0.500. The van der Waals surface area contributed by atoms with E-state index in [0.29, 0.717) is 11.0 Å². The van der Waals surface area contributed by atoms with E-state index in [1.165, 1.54) is 11.5 Å². The Kier molecular flexibility index (Phi) is 7.64. The molecule has 1 atom stereocenters. The van der Waals surface area contributed by atoms with Gasteiger partial charge >= 0.3 is 0 Å². The molecule has 0 fully saturated rings. The summed E-state index contributed by atoms with van der Waals surface area (Å²) < 4.78 is 0. The fourth-order valence-corrected chi connectivity index (χ4v) is 3.55. The lowest BCUT2D eigenvalue weighted by Gasteiger charge is -2.19. The van der Waals surface area contributed by atoms with Gasteiger partial charge in [-0.1, -0.05) is 25.2 Å². The normalized spacial score (nSPS) is 12.2. The minimum absolute atomic E-state index is 0.421. The lowest BCUT2D eigenvalue weighted by atomic mass is 10.1. The maximum absolute atomic E-state index is 5.86. The van der Waals surface area contributed by atoms with Crippen LogP contribution in [0.5, 0.6) is 0 Å². The highest BCUT2D eigenvalue weighted by molar-refractivity contribution is 7.99. The largest absolute Gasteiger partial charge is 0.389 e. The van der Waals surface area contributed by atoms with Crippen LogP contribution < -0.4 is 11.1 Å². The molecule has 0 amide bonds. The molecule has 3 N–H and O–H groups in total. The maximum Gasteiger partial charge on any atom is 0.107 e. The molecule has 1 aromatic rings. The van der Waals surface area contributed by atoms with Crippen molar-refractivity contribution >= 4 is 46.4 Å². The van der Waals surface area contributed by atoms with Crippen LogP contribution in [-0.2, 0) is 0 Å². The summed E-state index contributed by atoms with van der Waals surface area (Å²) in [6.45, 7) is 4.39. The predicted octanol–water partition coefficient (Wildman–Crippen LogP) is 3.99. The highest BCUT2D eigenvalue weighted by Gasteiger charge is 2.12. The average molecular weight is 315 g/mol. The first-order valence-electron chi connectivity index (χ1n) is 6.41. The van der Waals surface area contributed by atoms with Gasteiger partial charge in [-0.05, 0) is 43.2 Å². The molecule has 1 aromatic carbocycles. The van der Waals surface area contributed by atoms with Crippen molar-refractivity contribution < 1.29 is 0 Å². The van der Waals surface area contributed by atoms with Gasteiger partial charge in [-0.25, -0.2) is 0 Å². The molecule has 1 unspecified atom stereocenters. The molecule has 1 rings (SSSR count). The van der Waals surface area contributed by atoms with Gasteiger partial charge in [0.2, 0.25) is 0 Å². The Morgan fingerprint density at radius 2 is 2.21 bits per heavy atom. The second-order valence-corrected chi connectivity index (χ2v) is 6.96. The van der Waals surface area contributed by atoms with Gasteiger partial charge in [0.05, 0.1) is 0 Å². The van der Waals surface area contributed by atoms with Crippen molar-refractivity contribution in [1.29, 1.82) is 0 Å². The molecule has 0 saturated heterocycles. The average Bonchev–Trinajstić information content (AvgIpc) is 2.38. The van der Waals surface area contributed by atoms with Crippen LogP contribution in [0.1, 0.15) is 25.8 Å². The number of benzene rings is 1. The van der Waals surface area contributed by atoms with Crippen molar-refractivity contribution in [2.45, 2.75) is 31.2 Å². The molecule has 0 aliphatic carbocycles. The van der Waals surface area contributed by atoms with Crippen molar-refractivity contribution in [2.24, 2.45) is 5.73 Å².